The van der Waals surface area contributed by atoms with Gasteiger partial charge >= 0.3 is 0 Å². The summed E-state index contributed by atoms with van der Waals surface area (Å²) in [5.41, 5.74) is 3.54. The highest BCUT2D eigenvalue weighted by Crippen LogP contribution is 2.52. The third kappa shape index (κ3) is 2.71. The van der Waals surface area contributed by atoms with E-state index in [4.69, 9.17) is 4.74 Å². The topological polar surface area (TPSA) is 36.9 Å². The molecule has 1 spiro atoms. The van der Waals surface area contributed by atoms with Gasteiger partial charge in [-0.05, 0) is 49.4 Å². The molecule has 1 unspecified atom stereocenters. The van der Waals surface area contributed by atoms with Crippen LogP contribution in [0.15, 0.2) is 17.1 Å². The zero-order valence-electron chi connectivity index (χ0n) is 15.5. The van der Waals surface area contributed by atoms with Crippen LogP contribution in [-0.4, -0.2) is 44.5 Å². The molecule has 132 valence electrons. The SMILES string of the molecule is CN=C1Nc2cc(C#CCN3CCC(C)C3)c(OC)cc2C12CCC2. The summed E-state index contributed by atoms with van der Waals surface area (Å²) in [6.07, 6.45) is 4.88. The van der Waals surface area contributed by atoms with Crippen molar-refractivity contribution in [3.8, 4) is 17.6 Å². The molecule has 2 fully saturated rings. The zero-order valence-corrected chi connectivity index (χ0v) is 15.5. The van der Waals surface area contributed by atoms with Crippen molar-refractivity contribution in [2.45, 2.75) is 38.0 Å². The van der Waals surface area contributed by atoms with Crippen LogP contribution in [0.25, 0.3) is 0 Å². The minimum Gasteiger partial charge on any atom is -0.495 e. The molecule has 4 nitrogen and oxygen atoms in total. The fourth-order valence-corrected chi connectivity index (χ4v) is 4.44. The second-order valence-corrected chi connectivity index (χ2v) is 7.66. The Morgan fingerprint density at radius 3 is 2.84 bits per heavy atom. The summed E-state index contributed by atoms with van der Waals surface area (Å²) in [6, 6.07) is 4.33. The Bertz CT molecular complexity index is 767. The third-order valence-electron chi connectivity index (χ3n) is 6.03. The molecule has 3 aliphatic rings. The molecule has 0 bridgehead atoms. The van der Waals surface area contributed by atoms with Crippen molar-refractivity contribution in [2.24, 2.45) is 10.9 Å². The van der Waals surface area contributed by atoms with Crippen LogP contribution < -0.4 is 10.1 Å². The van der Waals surface area contributed by atoms with E-state index in [0.717, 1.165) is 48.4 Å². The number of nitrogens with one attached hydrogen (secondary N) is 1. The van der Waals surface area contributed by atoms with Crippen LogP contribution >= 0.6 is 0 Å². The lowest BCUT2D eigenvalue weighted by molar-refractivity contribution is 0.344. The van der Waals surface area contributed by atoms with Crippen LogP contribution in [0.5, 0.6) is 5.75 Å². The van der Waals surface area contributed by atoms with Gasteiger partial charge in [-0.25, -0.2) is 0 Å². The molecular formula is C21H27N3O. The molecule has 1 N–H and O–H groups in total. The Labute approximate surface area is 150 Å². The van der Waals surface area contributed by atoms with Crippen molar-refractivity contribution in [1.82, 2.24) is 4.90 Å². The average Bonchev–Trinajstić information content (AvgIpc) is 3.13. The number of fused-ring (bicyclic) bond motifs is 2. The molecule has 0 amide bonds. The molecule has 1 aromatic rings. The smallest absolute Gasteiger partial charge is 0.134 e. The number of nitrogens with zero attached hydrogens (tertiary/aromatic N) is 2. The molecule has 0 radical (unpaired) electrons. The first-order valence-electron chi connectivity index (χ1n) is 9.34. The summed E-state index contributed by atoms with van der Waals surface area (Å²) in [6.45, 7) is 5.48. The molecule has 4 heteroatoms. The first-order chi connectivity index (χ1) is 12.2. The minimum absolute atomic E-state index is 0.0923. The van der Waals surface area contributed by atoms with Crippen LogP contribution in [0.1, 0.15) is 43.7 Å². The molecule has 1 saturated heterocycles. The van der Waals surface area contributed by atoms with Crippen LogP contribution in [0.2, 0.25) is 0 Å². The molecule has 0 aromatic heterocycles. The number of methoxy groups -OCH3 is 1. The Morgan fingerprint density at radius 2 is 2.24 bits per heavy atom. The molecule has 1 saturated carbocycles. The lowest BCUT2D eigenvalue weighted by Gasteiger charge is -2.38. The van der Waals surface area contributed by atoms with Crippen molar-refractivity contribution >= 4 is 11.5 Å². The van der Waals surface area contributed by atoms with Crippen molar-refractivity contribution < 1.29 is 4.74 Å². The van der Waals surface area contributed by atoms with Gasteiger partial charge in [-0.3, -0.25) is 9.89 Å². The first-order valence-corrected chi connectivity index (χ1v) is 9.34. The number of hydrogen-bond acceptors (Lipinski definition) is 3. The van der Waals surface area contributed by atoms with Gasteiger partial charge in [0.1, 0.15) is 11.6 Å². The Hall–Kier alpha value is -1.99. The van der Waals surface area contributed by atoms with Crippen molar-refractivity contribution in [1.29, 1.82) is 0 Å². The molecule has 1 atom stereocenters. The number of rotatable bonds is 2. The fourth-order valence-electron chi connectivity index (χ4n) is 4.44. The number of anilines is 1. The lowest BCUT2D eigenvalue weighted by Crippen LogP contribution is -2.41. The number of amidine groups is 1. The highest BCUT2D eigenvalue weighted by Gasteiger charge is 2.49. The molecule has 4 rings (SSSR count). The Kier molecular flexibility index (Phi) is 4.21. The molecule has 2 aliphatic heterocycles. The van der Waals surface area contributed by atoms with E-state index < -0.39 is 0 Å². The van der Waals surface area contributed by atoms with Crippen LogP contribution in [-0.2, 0) is 5.41 Å². The normalized spacial score (nSPS) is 25.2. The van der Waals surface area contributed by atoms with Crippen molar-refractivity contribution in [3.63, 3.8) is 0 Å². The maximum absolute atomic E-state index is 5.66. The molecular weight excluding hydrogens is 310 g/mol. The zero-order chi connectivity index (χ0) is 17.4. The van der Waals surface area contributed by atoms with Gasteiger partial charge in [0, 0.05) is 19.3 Å². The van der Waals surface area contributed by atoms with Gasteiger partial charge in [0.15, 0.2) is 0 Å². The molecule has 25 heavy (non-hydrogen) atoms. The summed E-state index contributed by atoms with van der Waals surface area (Å²) in [4.78, 5) is 6.94. The van der Waals surface area contributed by atoms with Gasteiger partial charge in [0.05, 0.1) is 24.6 Å². The van der Waals surface area contributed by atoms with Crippen molar-refractivity contribution in [3.05, 3.63) is 23.3 Å². The summed E-state index contributed by atoms with van der Waals surface area (Å²) >= 11 is 0. The second kappa shape index (κ2) is 6.38. The van der Waals surface area contributed by atoms with E-state index in [9.17, 15) is 0 Å². The predicted octanol–water partition coefficient (Wildman–Crippen LogP) is 3.26. The van der Waals surface area contributed by atoms with E-state index in [-0.39, 0.29) is 5.41 Å². The largest absolute Gasteiger partial charge is 0.495 e. The van der Waals surface area contributed by atoms with Crippen LogP contribution in [0, 0.1) is 17.8 Å². The quantitative estimate of drug-likeness (QED) is 0.842. The van der Waals surface area contributed by atoms with Gasteiger partial charge in [-0.15, -0.1) is 0 Å². The first kappa shape index (κ1) is 16.5. The summed E-state index contributed by atoms with van der Waals surface area (Å²) in [5, 5.41) is 3.52. The van der Waals surface area contributed by atoms with Gasteiger partial charge in [0.25, 0.3) is 0 Å². The second-order valence-electron chi connectivity index (χ2n) is 7.66. The maximum atomic E-state index is 5.66. The average molecular weight is 337 g/mol. The minimum atomic E-state index is 0.0923. The third-order valence-corrected chi connectivity index (χ3v) is 6.03. The number of aliphatic imine (C=N–C) groups is 1. The summed E-state index contributed by atoms with van der Waals surface area (Å²) < 4.78 is 5.66. The van der Waals surface area contributed by atoms with E-state index in [0.29, 0.717) is 0 Å². The van der Waals surface area contributed by atoms with Crippen molar-refractivity contribution in [2.75, 3.05) is 39.1 Å². The maximum Gasteiger partial charge on any atom is 0.134 e. The molecule has 1 aliphatic carbocycles. The van der Waals surface area contributed by atoms with Gasteiger partial charge in [-0.2, -0.15) is 0 Å². The van der Waals surface area contributed by atoms with E-state index in [1.165, 1.54) is 31.2 Å². The molecule has 2 heterocycles. The lowest BCUT2D eigenvalue weighted by atomic mass is 9.65. The van der Waals surface area contributed by atoms with Crippen LogP contribution in [0.3, 0.4) is 0 Å². The summed E-state index contributed by atoms with van der Waals surface area (Å²) in [5.74, 6) is 9.46. The fraction of sp³-hybridized carbons (Fsp3) is 0.571. The predicted molar refractivity (Wildman–Crippen MR) is 103 cm³/mol. The van der Waals surface area contributed by atoms with E-state index >= 15 is 0 Å². The van der Waals surface area contributed by atoms with Gasteiger partial charge < -0.3 is 10.1 Å². The van der Waals surface area contributed by atoms with E-state index in [1.807, 2.05) is 7.05 Å². The van der Waals surface area contributed by atoms with Gasteiger partial charge in [0.2, 0.25) is 0 Å². The highest BCUT2D eigenvalue weighted by atomic mass is 16.5. The van der Waals surface area contributed by atoms with E-state index in [1.54, 1.807) is 7.11 Å². The number of hydrogen-bond donors (Lipinski definition) is 1. The van der Waals surface area contributed by atoms with E-state index in [2.05, 4.69) is 46.1 Å². The summed E-state index contributed by atoms with van der Waals surface area (Å²) in [7, 11) is 3.61. The monoisotopic (exact) mass is 337 g/mol. The number of ether oxygens (including phenoxy) is 1. The highest BCUT2D eigenvalue weighted by molar-refractivity contribution is 6.10. The molecule has 1 aromatic carbocycles. The van der Waals surface area contributed by atoms with Crippen LogP contribution in [0.4, 0.5) is 5.69 Å². The standard InChI is InChI=1S/C21H27N3O/c1-15-7-11-24(14-15)10-4-6-16-12-18-17(13-19(16)25-3)21(8-5-9-21)20(22-2)23-18/h12-13,15H,5,7-11,14H2,1-3H3,(H,22,23). The number of likely N-dealkylation sites (tertiary alicyclic amines) is 1. The Balaban J connectivity index is 1.61. The Morgan fingerprint density at radius 1 is 1.40 bits per heavy atom. The number of benzene rings is 1. The van der Waals surface area contributed by atoms with Gasteiger partial charge in [-0.1, -0.05) is 25.2 Å².